The lowest BCUT2D eigenvalue weighted by molar-refractivity contribution is 0.0536. The van der Waals surface area contributed by atoms with Gasteiger partial charge in [-0.2, -0.15) is 0 Å². The highest BCUT2D eigenvalue weighted by Gasteiger charge is 2.29. The van der Waals surface area contributed by atoms with Crippen LogP contribution in [0.4, 0.5) is 4.39 Å². The maximum Gasteiger partial charge on any atom is 0.264 e. The van der Waals surface area contributed by atoms with E-state index in [2.05, 4.69) is 0 Å². The molecular formula is C22H21FN2O3S. The van der Waals surface area contributed by atoms with Gasteiger partial charge in [-0.15, -0.1) is 11.3 Å². The standard InChI is InChI=1S/C22H21FN2O3S/c1-28-14-16-19-17(23)8-5-9-18(19)29-20(16)22(27)25-12-10-24(11-13-25)21(26)15-6-3-2-4-7-15/h2-9H,10-14H2,1H3. The van der Waals surface area contributed by atoms with Gasteiger partial charge in [0, 0.05) is 54.5 Å². The highest BCUT2D eigenvalue weighted by molar-refractivity contribution is 7.21. The fraction of sp³-hybridized carbons (Fsp3) is 0.273. The van der Waals surface area contributed by atoms with E-state index in [-0.39, 0.29) is 24.2 Å². The molecule has 2 aromatic carbocycles. The number of benzene rings is 2. The number of methoxy groups -OCH3 is 1. The molecule has 1 saturated heterocycles. The van der Waals surface area contributed by atoms with E-state index in [1.165, 1.54) is 24.5 Å². The van der Waals surface area contributed by atoms with Crippen LogP contribution in [0.1, 0.15) is 25.6 Å². The molecule has 2 heterocycles. The van der Waals surface area contributed by atoms with Crippen LogP contribution in [-0.2, 0) is 11.3 Å². The summed E-state index contributed by atoms with van der Waals surface area (Å²) in [7, 11) is 1.53. The van der Waals surface area contributed by atoms with Gasteiger partial charge in [0.2, 0.25) is 0 Å². The van der Waals surface area contributed by atoms with E-state index < -0.39 is 0 Å². The van der Waals surface area contributed by atoms with Crippen molar-refractivity contribution in [1.29, 1.82) is 0 Å². The number of fused-ring (bicyclic) bond motifs is 1. The molecule has 5 nitrogen and oxygen atoms in total. The third kappa shape index (κ3) is 3.75. The Morgan fingerprint density at radius 1 is 0.966 bits per heavy atom. The zero-order valence-electron chi connectivity index (χ0n) is 16.1. The van der Waals surface area contributed by atoms with Gasteiger partial charge in [0.25, 0.3) is 11.8 Å². The quantitative estimate of drug-likeness (QED) is 0.655. The Hall–Kier alpha value is -2.77. The minimum absolute atomic E-state index is 0.0262. The monoisotopic (exact) mass is 412 g/mol. The van der Waals surface area contributed by atoms with E-state index in [9.17, 15) is 14.0 Å². The van der Waals surface area contributed by atoms with E-state index in [4.69, 9.17) is 4.74 Å². The molecular weight excluding hydrogens is 391 g/mol. The Kier molecular flexibility index (Phi) is 5.60. The second-order valence-corrected chi connectivity index (χ2v) is 7.96. The molecule has 0 aliphatic carbocycles. The van der Waals surface area contributed by atoms with Gasteiger partial charge in [-0.3, -0.25) is 9.59 Å². The fourth-order valence-corrected chi connectivity index (χ4v) is 4.83. The summed E-state index contributed by atoms with van der Waals surface area (Å²) < 4.78 is 20.3. The molecule has 1 aromatic heterocycles. The summed E-state index contributed by atoms with van der Waals surface area (Å²) >= 11 is 1.29. The topological polar surface area (TPSA) is 49.9 Å². The van der Waals surface area contributed by atoms with Crippen LogP contribution < -0.4 is 0 Å². The highest BCUT2D eigenvalue weighted by Crippen LogP contribution is 2.34. The van der Waals surface area contributed by atoms with E-state index in [0.29, 0.717) is 47.6 Å². The second-order valence-electron chi connectivity index (χ2n) is 6.91. The molecule has 29 heavy (non-hydrogen) atoms. The lowest BCUT2D eigenvalue weighted by atomic mass is 10.1. The number of amides is 2. The number of carbonyl (C=O) groups is 2. The molecule has 0 bridgehead atoms. The van der Waals surface area contributed by atoms with Crippen LogP contribution in [0.5, 0.6) is 0 Å². The first-order valence-electron chi connectivity index (χ1n) is 9.42. The van der Waals surface area contributed by atoms with Crippen LogP contribution in [0.3, 0.4) is 0 Å². The van der Waals surface area contributed by atoms with Crippen molar-refractivity contribution >= 4 is 33.2 Å². The highest BCUT2D eigenvalue weighted by atomic mass is 32.1. The van der Waals surface area contributed by atoms with Gasteiger partial charge in [-0.1, -0.05) is 24.3 Å². The molecule has 0 spiro atoms. The molecule has 7 heteroatoms. The van der Waals surface area contributed by atoms with Crippen molar-refractivity contribution in [3.05, 3.63) is 70.4 Å². The Balaban J connectivity index is 1.52. The average Bonchev–Trinajstić information content (AvgIpc) is 3.13. The summed E-state index contributed by atoms with van der Waals surface area (Å²) in [6.45, 7) is 2.01. The van der Waals surface area contributed by atoms with Crippen LogP contribution in [-0.4, -0.2) is 54.9 Å². The van der Waals surface area contributed by atoms with Gasteiger partial charge in [0.15, 0.2) is 0 Å². The van der Waals surface area contributed by atoms with Gasteiger partial charge < -0.3 is 14.5 Å². The van der Waals surface area contributed by atoms with Crippen molar-refractivity contribution in [2.45, 2.75) is 6.61 Å². The number of piperazine rings is 1. The number of nitrogens with zero attached hydrogens (tertiary/aromatic N) is 2. The molecule has 0 N–H and O–H groups in total. The zero-order chi connectivity index (χ0) is 20.4. The third-order valence-corrected chi connectivity index (χ3v) is 6.31. The van der Waals surface area contributed by atoms with E-state index in [0.717, 1.165) is 4.70 Å². The van der Waals surface area contributed by atoms with Crippen LogP contribution in [0.15, 0.2) is 48.5 Å². The fourth-order valence-electron chi connectivity index (χ4n) is 3.64. The number of hydrogen-bond acceptors (Lipinski definition) is 4. The number of carbonyl (C=O) groups excluding carboxylic acids is 2. The Morgan fingerprint density at radius 2 is 1.62 bits per heavy atom. The molecule has 4 rings (SSSR count). The van der Waals surface area contributed by atoms with Crippen molar-refractivity contribution in [2.75, 3.05) is 33.3 Å². The van der Waals surface area contributed by atoms with E-state index in [1.54, 1.807) is 28.0 Å². The molecule has 2 amide bonds. The summed E-state index contributed by atoms with van der Waals surface area (Å²) in [6, 6.07) is 14.0. The van der Waals surface area contributed by atoms with Gasteiger partial charge in [0.1, 0.15) is 5.82 Å². The predicted octanol–water partition coefficient (Wildman–Crippen LogP) is 3.79. The number of halogens is 1. The molecule has 1 aliphatic rings. The molecule has 1 aliphatic heterocycles. The summed E-state index contributed by atoms with van der Waals surface area (Å²) in [6.07, 6.45) is 0. The molecule has 0 atom stereocenters. The lowest BCUT2D eigenvalue weighted by Crippen LogP contribution is -2.50. The third-order valence-electron chi connectivity index (χ3n) is 5.12. The molecule has 3 aromatic rings. The SMILES string of the molecule is COCc1c(C(=O)N2CCN(C(=O)c3ccccc3)CC2)sc2cccc(F)c12. The first-order valence-corrected chi connectivity index (χ1v) is 10.2. The number of ether oxygens (including phenoxy) is 1. The smallest absolute Gasteiger partial charge is 0.264 e. The Labute approximate surface area is 172 Å². The summed E-state index contributed by atoms with van der Waals surface area (Å²) in [5.74, 6) is -0.505. The minimum Gasteiger partial charge on any atom is -0.380 e. The van der Waals surface area contributed by atoms with Crippen LogP contribution in [0.2, 0.25) is 0 Å². The summed E-state index contributed by atoms with van der Waals surface area (Å²) in [5, 5.41) is 0.459. The maximum absolute atomic E-state index is 14.4. The first-order chi connectivity index (χ1) is 14.1. The van der Waals surface area contributed by atoms with Crippen molar-refractivity contribution in [3.8, 4) is 0 Å². The summed E-state index contributed by atoms with van der Waals surface area (Å²) in [5.41, 5.74) is 1.24. The summed E-state index contributed by atoms with van der Waals surface area (Å²) in [4.78, 5) is 29.8. The van der Waals surface area contributed by atoms with Crippen LogP contribution in [0, 0.1) is 5.82 Å². The van der Waals surface area contributed by atoms with Crippen molar-refractivity contribution in [1.82, 2.24) is 9.80 Å². The van der Waals surface area contributed by atoms with Gasteiger partial charge in [-0.25, -0.2) is 4.39 Å². The van der Waals surface area contributed by atoms with Crippen LogP contribution >= 0.6 is 11.3 Å². The zero-order valence-corrected chi connectivity index (χ0v) is 16.9. The predicted molar refractivity (Wildman–Crippen MR) is 111 cm³/mol. The largest absolute Gasteiger partial charge is 0.380 e. The Bertz CT molecular complexity index is 1040. The maximum atomic E-state index is 14.4. The van der Waals surface area contributed by atoms with Crippen molar-refractivity contribution < 1.29 is 18.7 Å². The molecule has 0 unspecified atom stereocenters. The molecule has 0 radical (unpaired) electrons. The van der Waals surface area contributed by atoms with E-state index in [1.807, 2.05) is 24.3 Å². The molecule has 150 valence electrons. The average molecular weight is 412 g/mol. The second kappa shape index (κ2) is 8.31. The van der Waals surface area contributed by atoms with Crippen LogP contribution in [0.25, 0.3) is 10.1 Å². The molecule has 1 fully saturated rings. The first kappa shape index (κ1) is 19.5. The number of rotatable bonds is 4. The lowest BCUT2D eigenvalue weighted by Gasteiger charge is -2.34. The number of thiophene rings is 1. The van der Waals surface area contributed by atoms with Crippen molar-refractivity contribution in [2.24, 2.45) is 0 Å². The van der Waals surface area contributed by atoms with E-state index >= 15 is 0 Å². The van der Waals surface area contributed by atoms with Crippen molar-refractivity contribution in [3.63, 3.8) is 0 Å². The normalized spacial score (nSPS) is 14.4. The van der Waals surface area contributed by atoms with Gasteiger partial charge in [-0.05, 0) is 24.3 Å². The van der Waals surface area contributed by atoms with Gasteiger partial charge >= 0.3 is 0 Å². The van der Waals surface area contributed by atoms with Gasteiger partial charge in [0.05, 0.1) is 11.5 Å². The Morgan fingerprint density at radius 3 is 2.28 bits per heavy atom. The number of hydrogen-bond donors (Lipinski definition) is 0. The molecule has 0 saturated carbocycles. The minimum atomic E-state index is -0.344.